The fourth-order valence-corrected chi connectivity index (χ4v) is 4.57. The van der Waals surface area contributed by atoms with Gasteiger partial charge in [0.25, 0.3) is 5.91 Å². The molecule has 2 aromatic heterocycles. The van der Waals surface area contributed by atoms with Crippen LogP contribution in [0.25, 0.3) is 15.3 Å². The summed E-state index contributed by atoms with van der Waals surface area (Å²) in [6, 6.07) is 11.7. The Kier molecular flexibility index (Phi) is 5.30. The number of aryl methyl sites for hydroxylation is 5. The first-order valence-corrected chi connectivity index (χ1v) is 10.6. The van der Waals surface area contributed by atoms with Crippen LogP contribution >= 0.6 is 11.3 Å². The lowest BCUT2D eigenvalue weighted by Crippen LogP contribution is -2.21. The van der Waals surface area contributed by atoms with Crippen molar-refractivity contribution in [3.05, 3.63) is 64.5 Å². The first-order valence-electron chi connectivity index (χ1n) is 9.75. The van der Waals surface area contributed by atoms with Gasteiger partial charge in [0.1, 0.15) is 5.75 Å². The molecule has 0 saturated carbocycles. The molecule has 0 aliphatic carbocycles. The molecule has 7 heteroatoms. The number of anilines is 1. The number of fused-ring (bicyclic) bond motifs is 1. The van der Waals surface area contributed by atoms with Gasteiger partial charge < -0.3 is 10.1 Å². The average Bonchev–Trinajstić information content (AvgIpc) is 3.26. The molecular formula is C23H24N4O2S. The lowest BCUT2D eigenvalue weighted by atomic mass is 10.1. The minimum Gasteiger partial charge on any atom is -0.484 e. The van der Waals surface area contributed by atoms with Crippen LogP contribution in [0.1, 0.15) is 28.1 Å². The Morgan fingerprint density at radius 3 is 2.63 bits per heavy atom. The highest BCUT2D eigenvalue weighted by atomic mass is 32.1. The van der Waals surface area contributed by atoms with E-state index in [1.807, 2.05) is 75.7 Å². The van der Waals surface area contributed by atoms with Crippen LogP contribution in [0.15, 0.2) is 36.4 Å². The molecular weight excluding hydrogens is 396 g/mol. The summed E-state index contributed by atoms with van der Waals surface area (Å²) in [6.45, 7) is 9.92. The van der Waals surface area contributed by atoms with Gasteiger partial charge in [-0.25, -0.2) is 9.67 Å². The number of ether oxygens (including phenoxy) is 1. The summed E-state index contributed by atoms with van der Waals surface area (Å²) in [7, 11) is 0. The van der Waals surface area contributed by atoms with E-state index in [-0.39, 0.29) is 12.5 Å². The van der Waals surface area contributed by atoms with Crippen molar-refractivity contribution >= 4 is 33.1 Å². The van der Waals surface area contributed by atoms with Crippen LogP contribution in [-0.4, -0.2) is 27.3 Å². The van der Waals surface area contributed by atoms with E-state index in [0.717, 1.165) is 49.1 Å². The Morgan fingerprint density at radius 2 is 1.93 bits per heavy atom. The van der Waals surface area contributed by atoms with E-state index in [4.69, 9.17) is 9.72 Å². The number of nitrogens with one attached hydrogen (secondary N) is 1. The standard InChI is InChI=1S/C23H24N4O2S/c1-13-7-6-8-18(9-13)29-12-20(28)25-21-14(2)10-19-22(17(21)5)30-23(24-19)27-16(4)11-15(3)26-27/h6-11H,12H2,1-5H3,(H,25,28). The number of hydrogen-bond acceptors (Lipinski definition) is 5. The lowest BCUT2D eigenvalue weighted by Gasteiger charge is -2.13. The van der Waals surface area contributed by atoms with Gasteiger partial charge in [-0.2, -0.15) is 5.10 Å². The first-order chi connectivity index (χ1) is 14.3. The fraction of sp³-hybridized carbons (Fsp3) is 0.261. The molecule has 4 aromatic rings. The highest BCUT2D eigenvalue weighted by molar-refractivity contribution is 7.21. The zero-order valence-corrected chi connectivity index (χ0v) is 18.6. The number of nitrogens with zero attached hydrogens (tertiary/aromatic N) is 3. The monoisotopic (exact) mass is 420 g/mol. The summed E-state index contributed by atoms with van der Waals surface area (Å²) >= 11 is 1.57. The van der Waals surface area contributed by atoms with E-state index in [1.165, 1.54) is 0 Å². The van der Waals surface area contributed by atoms with E-state index in [0.29, 0.717) is 5.75 Å². The zero-order valence-electron chi connectivity index (χ0n) is 17.7. The van der Waals surface area contributed by atoms with Gasteiger partial charge >= 0.3 is 0 Å². The summed E-state index contributed by atoms with van der Waals surface area (Å²) < 4.78 is 8.54. The molecule has 154 valence electrons. The van der Waals surface area contributed by atoms with Crippen molar-refractivity contribution in [2.75, 3.05) is 11.9 Å². The summed E-state index contributed by atoms with van der Waals surface area (Å²) in [6.07, 6.45) is 0. The second-order valence-electron chi connectivity index (χ2n) is 7.53. The number of thiazole rings is 1. The predicted molar refractivity (Wildman–Crippen MR) is 121 cm³/mol. The number of carbonyl (C=O) groups excluding carboxylic acids is 1. The molecule has 1 amide bonds. The molecule has 0 atom stereocenters. The topological polar surface area (TPSA) is 69.0 Å². The molecule has 1 N–H and O–H groups in total. The second-order valence-corrected chi connectivity index (χ2v) is 8.51. The van der Waals surface area contributed by atoms with Gasteiger partial charge in [0.2, 0.25) is 5.13 Å². The summed E-state index contributed by atoms with van der Waals surface area (Å²) in [5.74, 6) is 0.497. The number of hydrogen-bond donors (Lipinski definition) is 1. The summed E-state index contributed by atoms with van der Waals surface area (Å²) in [4.78, 5) is 17.3. The van der Waals surface area contributed by atoms with Crippen LogP contribution < -0.4 is 10.1 Å². The van der Waals surface area contributed by atoms with Gasteiger partial charge in [0.05, 0.1) is 15.9 Å². The predicted octanol–water partition coefficient (Wildman–Crippen LogP) is 5.04. The molecule has 0 aliphatic heterocycles. The maximum Gasteiger partial charge on any atom is 0.262 e. The van der Waals surface area contributed by atoms with Crippen LogP contribution in [-0.2, 0) is 4.79 Å². The third-order valence-electron chi connectivity index (χ3n) is 4.92. The molecule has 0 unspecified atom stereocenters. The Morgan fingerprint density at radius 1 is 1.13 bits per heavy atom. The van der Waals surface area contributed by atoms with Crippen molar-refractivity contribution in [2.45, 2.75) is 34.6 Å². The fourth-order valence-electron chi connectivity index (χ4n) is 3.51. The van der Waals surface area contributed by atoms with Crippen molar-refractivity contribution in [3.8, 4) is 10.9 Å². The average molecular weight is 421 g/mol. The van der Waals surface area contributed by atoms with Crippen molar-refractivity contribution in [2.24, 2.45) is 0 Å². The SMILES string of the molecule is Cc1cccc(OCC(=O)Nc2c(C)cc3nc(-n4nc(C)cc4C)sc3c2C)c1. The number of rotatable bonds is 5. The molecule has 4 rings (SSSR count). The summed E-state index contributed by atoms with van der Waals surface area (Å²) in [5, 5.41) is 8.37. The normalized spacial score (nSPS) is 11.1. The second kappa shape index (κ2) is 7.91. The molecule has 0 aliphatic rings. The molecule has 0 spiro atoms. The molecule has 6 nitrogen and oxygen atoms in total. The molecule has 0 fully saturated rings. The molecule has 30 heavy (non-hydrogen) atoms. The van der Waals surface area contributed by atoms with Crippen molar-refractivity contribution in [1.82, 2.24) is 14.8 Å². The number of benzene rings is 2. The van der Waals surface area contributed by atoms with Gasteiger partial charge in [-0.15, -0.1) is 0 Å². The highest BCUT2D eigenvalue weighted by Crippen LogP contribution is 2.34. The Labute approximate surface area is 179 Å². The quantitative estimate of drug-likeness (QED) is 0.491. The first kappa shape index (κ1) is 20.1. The number of amides is 1. The lowest BCUT2D eigenvalue weighted by molar-refractivity contribution is -0.118. The zero-order chi connectivity index (χ0) is 21.4. The van der Waals surface area contributed by atoms with Gasteiger partial charge in [0, 0.05) is 11.4 Å². The van der Waals surface area contributed by atoms with E-state index in [2.05, 4.69) is 10.4 Å². The van der Waals surface area contributed by atoms with Gasteiger partial charge in [0.15, 0.2) is 6.61 Å². The minimum absolute atomic E-state index is 0.0416. The molecule has 2 aromatic carbocycles. The van der Waals surface area contributed by atoms with Crippen LogP contribution in [0, 0.1) is 34.6 Å². The number of carbonyl (C=O) groups is 1. The minimum atomic E-state index is -0.189. The third-order valence-corrected chi connectivity index (χ3v) is 6.09. The van der Waals surface area contributed by atoms with Crippen molar-refractivity contribution in [1.29, 1.82) is 0 Å². The maximum atomic E-state index is 12.5. The van der Waals surface area contributed by atoms with Gasteiger partial charge in [-0.1, -0.05) is 23.5 Å². The molecule has 0 bridgehead atoms. The summed E-state index contributed by atoms with van der Waals surface area (Å²) in [5.41, 5.74) is 6.78. The molecule has 0 radical (unpaired) electrons. The van der Waals surface area contributed by atoms with E-state index < -0.39 is 0 Å². The maximum absolute atomic E-state index is 12.5. The number of aromatic nitrogens is 3. The third kappa shape index (κ3) is 3.93. The van der Waals surface area contributed by atoms with Crippen molar-refractivity contribution < 1.29 is 9.53 Å². The van der Waals surface area contributed by atoms with Crippen LogP contribution in [0.3, 0.4) is 0 Å². The molecule has 0 saturated heterocycles. The largest absolute Gasteiger partial charge is 0.484 e. The van der Waals surface area contributed by atoms with E-state index in [1.54, 1.807) is 11.3 Å². The van der Waals surface area contributed by atoms with E-state index >= 15 is 0 Å². The highest BCUT2D eigenvalue weighted by Gasteiger charge is 2.16. The van der Waals surface area contributed by atoms with Gasteiger partial charge in [-0.3, -0.25) is 4.79 Å². The van der Waals surface area contributed by atoms with Gasteiger partial charge in [-0.05, 0) is 75.6 Å². The van der Waals surface area contributed by atoms with E-state index in [9.17, 15) is 4.79 Å². The van der Waals surface area contributed by atoms with Crippen LogP contribution in [0.5, 0.6) is 5.75 Å². The van der Waals surface area contributed by atoms with Crippen LogP contribution in [0.2, 0.25) is 0 Å². The molecule has 2 heterocycles. The van der Waals surface area contributed by atoms with Crippen LogP contribution in [0.4, 0.5) is 5.69 Å². The Hall–Kier alpha value is -3.19. The Bertz CT molecular complexity index is 1260. The smallest absolute Gasteiger partial charge is 0.262 e. The Balaban J connectivity index is 1.58. The van der Waals surface area contributed by atoms with Crippen molar-refractivity contribution in [3.63, 3.8) is 0 Å².